The SMILES string of the molecule is CCOc1cc(C=Cc2cc(OC)cc(OCC=C(C)C)c2)ccc1O. The van der Waals surface area contributed by atoms with Crippen LogP contribution in [-0.2, 0) is 0 Å². The summed E-state index contributed by atoms with van der Waals surface area (Å²) in [6.45, 7) is 6.99. The lowest BCUT2D eigenvalue weighted by Crippen LogP contribution is -1.95. The van der Waals surface area contributed by atoms with E-state index in [4.69, 9.17) is 14.2 Å². The normalized spacial score (nSPS) is 10.6. The highest BCUT2D eigenvalue weighted by Crippen LogP contribution is 2.28. The van der Waals surface area contributed by atoms with Gasteiger partial charge in [-0.25, -0.2) is 0 Å². The summed E-state index contributed by atoms with van der Waals surface area (Å²) in [6.07, 6.45) is 5.95. The summed E-state index contributed by atoms with van der Waals surface area (Å²) in [5.41, 5.74) is 3.11. The zero-order valence-corrected chi connectivity index (χ0v) is 15.8. The Bertz CT molecular complexity index is 787. The Morgan fingerprint density at radius 2 is 1.69 bits per heavy atom. The van der Waals surface area contributed by atoms with E-state index in [1.807, 2.05) is 69.3 Å². The van der Waals surface area contributed by atoms with E-state index in [0.717, 1.165) is 22.6 Å². The van der Waals surface area contributed by atoms with E-state index in [2.05, 4.69) is 0 Å². The third kappa shape index (κ3) is 5.88. The van der Waals surface area contributed by atoms with Crippen LogP contribution in [-0.4, -0.2) is 25.4 Å². The molecule has 0 spiro atoms. The number of ether oxygens (including phenoxy) is 3. The van der Waals surface area contributed by atoms with Crippen molar-refractivity contribution in [3.8, 4) is 23.0 Å². The first-order valence-electron chi connectivity index (χ1n) is 8.61. The van der Waals surface area contributed by atoms with Crippen LogP contribution in [0.25, 0.3) is 12.2 Å². The van der Waals surface area contributed by atoms with Gasteiger partial charge in [0.05, 0.1) is 13.7 Å². The fraction of sp³-hybridized carbons (Fsp3) is 0.273. The molecule has 138 valence electrons. The summed E-state index contributed by atoms with van der Waals surface area (Å²) in [7, 11) is 1.64. The molecule has 2 aromatic carbocycles. The number of allylic oxidation sites excluding steroid dienone is 1. The second kappa shape index (κ2) is 9.56. The molecule has 0 aliphatic heterocycles. The molecule has 2 rings (SSSR count). The van der Waals surface area contributed by atoms with Crippen LogP contribution in [0.5, 0.6) is 23.0 Å². The van der Waals surface area contributed by atoms with E-state index in [-0.39, 0.29) is 5.75 Å². The Morgan fingerprint density at radius 1 is 0.962 bits per heavy atom. The molecule has 2 aromatic rings. The van der Waals surface area contributed by atoms with E-state index in [0.29, 0.717) is 19.0 Å². The minimum absolute atomic E-state index is 0.139. The number of aromatic hydroxyl groups is 1. The van der Waals surface area contributed by atoms with Crippen LogP contribution in [0.2, 0.25) is 0 Å². The maximum atomic E-state index is 9.79. The molecule has 0 saturated carbocycles. The Hall–Kier alpha value is -2.88. The molecule has 0 aliphatic rings. The second-order valence-corrected chi connectivity index (χ2v) is 6.03. The van der Waals surface area contributed by atoms with Gasteiger partial charge in [-0.15, -0.1) is 0 Å². The highest BCUT2D eigenvalue weighted by molar-refractivity contribution is 5.72. The van der Waals surface area contributed by atoms with Gasteiger partial charge >= 0.3 is 0 Å². The number of hydrogen-bond donors (Lipinski definition) is 1. The molecule has 0 radical (unpaired) electrons. The number of phenols is 1. The van der Waals surface area contributed by atoms with Gasteiger partial charge in [0.25, 0.3) is 0 Å². The summed E-state index contributed by atoms with van der Waals surface area (Å²) >= 11 is 0. The Kier molecular flexibility index (Phi) is 7.15. The van der Waals surface area contributed by atoms with Gasteiger partial charge in [0, 0.05) is 6.07 Å². The van der Waals surface area contributed by atoms with Gasteiger partial charge in [0.1, 0.15) is 18.1 Å². The Labute approximate surface area is 155 Å². The van der Waals surface area contributed by atoms with Gasteiger partial charge in [-0.1, -0.05) is 23.8 Å². The first-order chi connectivity index (χ1) is 12.5. The summed E-state index contributed by atoms with van der Waals surface area (Å²) in [5, 5.41) is 9.79. The Balaban J connectivity index is 2.20. The maximum Gasteiger partial charge on any atom is 0.161 e. The number of benzene rings is 2. The second-order valence-electron chi connectivity index (χ2n) is 6.03. The average molecular weight is 354 g/mol. The number of methoxy groups -OCH3 is 1. The average Bonchev–Trinajstić information content (AvgIpc) is 2.62. The highest BCUT2D eigenvalue weighted by Gasteiger charge is 2.03. The van der Waals surface area contributed by atoms with Gasteiger partial charge in [0.15, 0.2) is 11.5 Å². The molecule has 0 saturated heterocycles. The van der Waals surface area contributed by atoms with Gasteiger partial charge in [-0.05, 0) is 62.2 Å². The number of hydrogen-bond acceptors (Lipinski definition) is 4. The fourth-order valence-electron chi connectivity index (χ4n) is 2.29. The van der Waals surface area contributed by atoms with Crippen LogP contribution in [0, 0.1) is 0 Å². The standard InChI is InChI=1S/C22H26O4/c1-5-25-22-14-17(8-9-21(22)23)6-7-18-12-19(24-4)15-20(13-18)26-11-10-16(2)3/h6-10,12-15,23H,5,11H2,1-4H3. The molecule has 0 amide bonds. The van der Waals surface area contributed by atoms with E-state index in [1.165, 1.54) is 5.57 Å². The summed E-state index contributed by atoms with van der Waals surface area (Å²) in [5.74, 6) is 2.11. The molecule has 26 heavy (non-hydrogen) atoms. The number of phenolic OH excluding ortho intramolecular Hbond substituents is 1. The lowest BCUT2D eigenvalue weighted by atomic mass is 10.1. The highest BCUT2D eigenvalue weighted by atomic mass is 16.5. The fourth-order valence-corrected chi connectivity index (χ4v) is 2.29. The molecule has 0 unspecified atom stereocenters. The first-order valence-corrected chi connectivity index (χ1v) is 8.61. The summed E-state index contributed by atoms with van der Waals surface area (Å²) in [4.78, 5) is 0. The van der Waals surface area contributed by atoms with Crippen LogP contribution in [0.15, 0.2) is 48.0 Å². The van der Waals surface area contributed by atoms with Gasteiger partial charge in [0.2, 0.25) is 0 Å². The first kappa shape index (κ1) is 19.4. The van der Waals surface area contributed by atoms with Crippen molar-refractivity contribution in [2.45, 2.75) is 20.8 Å². The molecule has 0 bridgehead atoms. The van der Waals surface area contributed by atoms with Crippen LogP contribution >= 0.6 is 0 Å². The molecule has 0 fully saturated rings. The van der Waals surface area contributed by atoms with E-state index < -0.39 is 0 Å². The van der Waals surface area contributed by atoms with Crippen molar-refractivity contribution in [3.63, 3.8) is 0 Å². The molecule has 1 N–H and O–H groups in total. The molecule has 0 heterocycles. The third-order valence-corrected chi connectivity index (χ3v) is 3.63. The zero-order chi connectivity index (χ0) is 18.9. The van der Waals surface area contributed by atoms with E-state index in [1.54, 1.807) is 13.2 Å². The molecule has 0 atom stereocenters. The van der Waals surface area contributed by atoms with Crippen molar-refractivity contribution in [3.05, 3.63) is 59.2 Å². The minimum Gasteiger partial charge on any atom is -0.504 e. The van der Waals surface area contributed by atoms with Crippen molar-refractivity contribution in [2.24, 2.45) is 0 Å². The molecular weight excluding hydrogens is 328 g/mol. The van der Waals surface area contributed by atoms with E-state index >= 15 is 0 Å². The quantitative estimate of drug-likeness (QED) is 0.515. The van der Waals surface area contributed by atoms with Crippen LogP contribution in [0.4, 0.5) is 0 Å². The lowest BCUT2D eigenvalue weighted by molar-refractivity contribution is 0.318. The van der Waals surface area contributed by atoms with Crippen molar-refractivity contribution >= 4 is 12.2 Å². The van der Waals surface area contributed by atoms with Crippen molar-refractivity contribution < 1.29 is 19.3 Å². The lowest BCUT2D eigenvalue weighted by Gasteiger charge is -2.08. The van der Waals surface area contributed by atoms with Crippen molar-refractivity contribution in [2.75, 3.05) is 20.3 Å². The smallest absolute Gasteiger partial charge is 0.161 e. The van der Waals surface area contributed by atoms with E-state index in [9.17, 15) is 5.11 Å². The van der Waals surface area contributed by atoms with Crippen molar-refractivity contribution in [1.29, 1.82) is 0 Å². The van der Waals surface area contributed by atoms with Crippen molar-refractivity contribution in [1.82, 2.24) is 0 Å². The summed E-state index contributed by atoms with van der Waals surface area (Å²) in [6, 6.07) is 11.0. The van der Waals surface area contributed by atoms with Crippen LogP contribution in [0.1, 0.15) is 31.9 Å². The molecule has 0 aromatic heterocycles. The Morgan fingerprint density at radius 3 is 2.38 bits per heavy atom. The topological polar surface area (TPSA) is 47.9 Å². The third-order valence-electron chi connectivity index (χ3n) is 3.63. The predicted molar refractivity (Wildman–Crippen MR) is 106 cm³/mol. The monoisotopic (exact) mass is 354 g/mol. The van der Waals surface area contributed by atoms with Gasteiger partial charge < -0.3 is 19.3 Å². The van der Waals surface area contributed by atoms with Crippen LogP contribution < -0.4 is 14.2 Å². The molecular formula is C22H26O4. The van der Waals surface area contributed by atoms with Gasteiger partial charge in [-0.2, -0.15) is 0 Å². The van der Waals surface area contributed by atoms with Gasteiger partial charge in [-0.3, -0.25) is 0 Å². The predicted octanol–water partition coefficient (Wildman–Crippen LogP) is 5.31. The molecule has 4 nitrogen and oxygen atoms in total. The minimum atomic E-state index is 0.139. The van der Waals surface area contributed by atoms with Crippen LogP contribution in [0.3, 0.4) is 0 Å². The molecule has 0 aliphatic carbocycles. The number of rotatable bonds is 8. The maximum absolute atomic E-state index is 9.79. The zero-order valence-electron chi connectivity index (χ0n) is 15.8. The summed E-state index contributed by atoms with van der Waals surface area (Å²) < 4.78 is 16.6. The molecule has 4 heteroatoms. The largest absolute Gasteiger partial charge is 0.504 e.